The number of piperidine rings is 1. The number of carbonyl (C=O) groups excluding carboxylic acids is 2. The molecule has 0 radical (unpaired) electrons. The topological polar surface area (TPSA) is 58.6 Å². The van der Waals surface area contributed by atoms with Crippen LogP contribution in [0.4, 0.5) is 0 Å². The number of hydrogen-bond donors (Lipinski definition) is 1. The molecule has 1 aliphatic carbocycles. The van der Waals surface area contributed by atoms with Gasteiger partial charge >= 0.3 is 0 Å². The highest BCUT2D eigenvalue weighted by atomic mass is 16.5. The van der Waals surface area contributed by atoms with Crippen LogP contribution in [0.2, 0.25) is 0 Å². The first-order chi connectivity index (χ1) is 11.7. The zero-order valence-corrected chi connectivity index (χ0v) is 13.9. The Hall–Kier alpha value is -2.30. The first kappa shape index (κ1) is 16.6. The molecule has 1 aromatic rings. The molecular weight excluding hydrogens is 304 g/mol. The lowest BCUT2D eigenvalue weighted by atomic mass is 10.1. The molecule has 1 heterocycles. The highest BCUT2D eigenvalue weighted by molar-refractivity contribution is 5.94. The summed E-state index contributed by atoms with van der Waals surface area (Å²) in [5.41, 5.74) is 0.606. The Bertz CT molecular complexity index is 600. The van der Waals surface area contributed by atoms with Crippen LogP contribution in [-0.2, 0) is 4.79 Å². The van der Waals surface area contributed by atoms with Crippen molar-refractivity contribution in [1.29, 1.82) is 0 Å². The summed E-state index contributed by atoms with van der Waals surface area (Å²) in [7, 11) is 0. The van der Waals surface area contributed by atoms with E-state index in [0.29, 0.717) is 23.9 Å². The molecule has 128 valence electrons. The Morgan fingerprint density at radius 3 is 2.42 bits per heavy atom. The standard InChI is InChI=1S/C19H24N2O3/c1-2-11-20-18(22)14-5-7-16(8-6-14)24-17-9-12-21(13-10-17)19(23)15-3-4-15/h2,5-8,15,17H,1,3-4,9-13H2,(H,20,22). The minimum atomic E-state index is -0.117. The fourth-order valence-corrected chi connectivity index (χ4v) is 2.93. The molecule has 1 saturated carbocycles. The second kappa shape index (κ2) is 7.51. The van der Waals surface area contributed by atoms with Gasteiger partial charge in [-0.2, -0.15) is 0 Å². The van der Waals surface area contributed by atoms with Gasteiger partial charge in [0.1, 0.15) is 11.9 Å². The maximum atomic E-state index is 12.0. The number of nitrogens with one attached hydrogen (secondary N) is 1. The van der Waals surface area contributed by atoms with Crippen LogP contribution < -0.4 is 10.1 Å². The van der Waals surface area contributed by atoms with Crippen molar-refractivity contribution >= 4 is 11.8 Å². The summed E-state index contributed by atoms with van der Waals surface area (Å²) in [4.78, 5) is 25.8. The first-order valence-electron chi connectivity index (χ1n) is 8.62. The third kappa shape index (κ3) is 4.16. The van der Waals surface area contributed by atoms with E-state index in [1.165, 1.54) is 0 Å². The Morgan fingerprint density at radius 1 is 1.17 bits per heavy atom. The Kier molecular flexibility index (Phi) is 5.18. The van der Waals surface area contributed by atoms with Crippen molar-refractivity contribution < 1.29 is 14.3 Å². The molecule has 0 aromatic heterocycles. The van der Waals surface area contributed by atoms with Gasteiger partial charge in [0.25, 0.3) is 5.91 Å². The van der Waals surface area contributed by atoms with Crippen molar-refractivity contribution in [3.8, 4) is 5.75 Å². The van der Waals surface area contributed by atoms with Crippen LogP contribution in [0.1, 0.15) is 36.0 Å². The van der Waals surface area contributed by atoms with E-state index in [2.05, 4.69) is 11.9 Å². The third-order valence-electron chi connectivity index (χ3n) is 4.51. The van der Waals surface area contributed by atoms with E-state index in [4.69, 9.17) is 4.74 Å². The molecule has 5 nitrogen and oxygen atoms in total. The molecule has 0 bridgehead atoms. The van der Waals surface area contributed by atoms with Gasteiger partial charge in [-0.1, -0.05) is 6.08 Å². The van der Waals surface area contributed by atoms with E-state index in [0.717, 1.165) is 44.5 Å². The molecular formula is C19H24N2O3. The summed E-state index contributed by atoms with van der Waals surface area (Å²) in [5.74, 6) is 1.26. The summed E-state index contributed by atoms with van der Waals surface area (Å²) in [6.45, 7) is 5.59. The van der Waals surface area contributed by atoms with Gasteiger partial charge in [-0.3, -0.25) is 9.59 Å². The van der Waals surface area contributed by atoms with E-state index in [-0.39, 0.29) is 12.0 Å². The van der Waals surface area contributed by atoms with Gasteiger partial charge in [0.05, 0.1) is 0 Å². The first-order valence-corrected chi connectivity index (χ1v) is 8.62. The van der Waals surface area contributed by atoms with E-state index < -0.39 is 0 Å². The Labute approximate surface area is 142 Å². The zero-order valence-electron chi connectivity index (χ0n) is 13.9. The van der Waals surface area contributed by atoms with Gasteiger partial charge in [-0.15, -0.1) is 6.58 Å². The highest BCUT2D eigenvalue weighted by Crippen LogP contribution is 2.32. The number of rotatable bonds is 6. The molecule has 2 aliphatic rings. The number of carbonyl (C=O) groups is 2. The van der Waals surface area contributed by atoms with E-state index in [1.54, 1.807) is 18.2 Å². The summed E-state index contributed by atoms with van der Waals surface area (Å²) in [6, 6.07) is 7.17. The van der Waals surface area contributed by atoms with E-state index in [1.807, 2.05) is 17.0 Å². The van der Waals surface area contributed by atoms with Crippen molar-refractivity contribution in [2.45, 2.75) is 31.8 Å². The number of amides is 2. The monoisotopic (exact) mass is 328 g/mol. The van der Waals surface area contributed by atoms with Crippen LogP contribution >= 0.6 is 0 Å². The van der Waals surface area contributed by atoms with Crippen molar-refractivity contribution in [3.63, 3.8) is 0 Å². The number of nitrogens with zero attached hydrogens (tertiary/aromatic N) is 1. The SMILES string of the molecule is C=CCNC(=O)c1ccc(OC2CCN(C(=O)C3CC3)CC2)cc1. The number of benzene rings is 1. The van der Waals surface area contributed by atoms with Gasteiger partial charge in [0.2, 0.25) is 5.91 Å². The minimum absolute atomic E-state index is 0.117. The van der Waals surface area contributed by atoms with Crippen molar-refractivity contribution in [3.05, 3.63) is 42.5 Å². The molecule has 1 aromatic carbocycles. The quantitative estimate of drug-likeness (QED) is 0.816. The maximum absolute atomic E-state index is 12.0. The Balaban J connectivity index is 1.47. The van der Waals surface area contributed by atoms with Gasteiger partial charge < -0.3 is 15.0 Å². The molecule has 0 unspecified atom stereocenters. The molecule has 1 N–H and O–H groups in total. The largest absolute Gasteiger partial charge is 0.490 e. The molecule has 24 heavy (non-hydrogen) atoms. The fraction of sp³-hybridized carbons (Fsp3) is 0.474. The third-order valence-corrected chi connectivity index (χ3v) is 4.51. The van der Waals surface area contributed by atoms with Crippen molar-refractivity contribution in [2.24, 2.45) is 5.92 Å². The summed E-state index contributed by atoms with van der Waals surface area (Å²) in [5, 5.41) is 2.74. The fourth-order valence-electron chi connectivity index (χ4n) is 2.93. The van der Waals surface area contributed by atoms with Gasteiger partial charge in [-0.05, 0) is 37.1 Å². The van der Waals surface area contributed by atoms with Crippen molar-refractivity contribution in [2.75, 3.05) is 19.6 Å². The zero-order chi connectivity index (χ0) is 16.9. The maximum Gasteiger partial charge on any atom is 0.251 e. The van der Waals surface area contributed by atoms with Gasteiger partial charge in [0, 0.05) is 44.0 Å². The van der Waals surface area contributed by atoms with E-state index in [9.17, 15) is 9.59 Å². The average Bonchev–Trinajstić information content (AvgIpc) is 3.45. The molecule has 1 aliphatic heterocycles. The molecule has 5 heteroatoms. The molecule has 2 fully saturated rings. The number of likely N-dealkylation sites (tertiary alicyclic amines) is 1. The average molecular weight is 328 g/mol. The minimum Gasteiger partial charge on any atom is -0.490 e. The number of ether oxygens (including phenoxy) is 1. The molecule has 2 amide bonds. The van der Waals surface area contributed by atoms with Crippen LogP contribution in [0, 0.1) is 5.92 Å². The summed E-state index contributed by atoms with van der Waals surface area (Å²) >= 11 is 0. The lowest BCUT2D eigenvalue weighted by Gasteiger charge is -2.32. The lowest BCUT2D eigenvalue weighted by molar-refractivity contribution is -0.134. The smallest absolute Gasteiger partial charge is 0.251 e. The van der Waals surface area contributed by atoms with Crippen LogP contribution in [0.15, 0.2) is 36.9 Å². The Morgan fingerprint density at radius 2 is 1.83 bits per heavy atom. The number of hydrogen-bond acceptors (Lipinski definition) is 3. The van der Waals surface area contributed by atoms with Gasteiger partial charge in [0.15, 0.2) is 0 Å². The van der Waals surface area contributed by atoms with Crippen LogP contribution in [0.5, 0.6) is 5.75 Å². The molecule has 0 atom stereocenters. The van der Waals surface area contributed by atoms with E-state index >= 15 is 0 Å². The molecule has 3 rings (SSSR count). The molecule has 1 saturated heterocycles. The van der Waals surface area contributed by atoms with Gasteiger partial charge in [-0.25, -0.2) is 0 Å². The van der Waals surface area contributed by atoms with Crippen LogP contribution in [-0.4, -0.2) is 42.5 Å². The normalized spacial score (nSPS) is 18.1. The summed E-state index contributed by atoms with van der Waals surface area (Å²) in [6.07, 6.45) is 5.62. The second-order valence-electron chi connectivity index (χ2n) is 6.44. The van der Waals surface area contributed by atoms with Crippen molar-refractivity contribution in [1.82, 2.24) is 10.2 Å². The predicted molar refractivity (Wildman–Crippen MR) is 91.9 cm³/mol. The van der Waals surface area contributed by atoms with Crippen LogP contribution in [0.3, 0.4) is 0 Å². The van der Waals surface area contributed by atoms with Crippen LogP contribution in [0.25, 0.3) is 0 Å². The summed E-state index contributed by atoms with van der Waals surface area (Å²) < 4.78 is 5.99. The molecule has 0 spiro atoms. The second-order valence-corrected chi connectivity index (χ2v) is 6.44. The highest BCUT2D eigenvalue weighted by Gasteiger charge is 2.35. The predicted octanol–water partition coefficient (Wildman–Crippen LogP) is 2.38. The lowest BCUT2D eigenvalue weighted by Crippen LogP contribution is -2.42.